The first-order valence-corrected chi connectivity index (χ1v) is 5.44. The Morgan fingerprint density at radius 1 is 1.58 bits per heavy atom. The minimum Gasteiger partial charge on any atom is -0.373 e. The SMILES string of the molecule is C=C(I)COC1CC2(CNC2)C1. The van der Waals surface area contributed by atoms with Crippen LogP contribution in [0.25, 0.3) is 0 Å². The van der Waals surface area contributed by atoms with E-state index in [0.29, 0.717) is 11.5 Å². The Morgan fingerprint density at radius 3 is 2.67 bits per heavy atom. The molecule has 2 fully saturated rings. The van der Waals surface area contributed by atoms with Crippen molar-refractivity contribution in [3.8, 4) is 0 Å². The molecule has 0 aromatic rings. The molecule has 0 amide bonds. The Bertz CT molecular complexity index is 193. The number of halogens is 1. The molecule has 0 aromatic heterocycles. The van der Waals surface area contributed by atoms with E-state index in [9.17, 15) is 0 Å². The Hall–Kier alpha value is 0.390. The molecule has 2 aliphatic rings. The maximum atomic E-state index is 5.64. The Labute approximate surface area is 86.9 Å². The number of hydrogen-bond donors (Lipinski definition) is 1. The zero-order valence-corrected chi connectivity index (χ0v) is 9.26. The zero-order chi connectivity index (χ0) is 8.60. The lowest BCUT2D eigenvalue weighted by atomic mass is 9.63. The van der Waals surface area contributed by atoms with E-state index in [1.54, 1.807) is 0 Å². The fourth-order valence-corrected chi connectivity index (χ4v) is 2.18. The highest BCUT2D eigenvalue weighted by molar-refractivity contribution is 14.1. The van der Waals surface area contributed by atoms with Crippen LogP contribution in [-0.2, 0) is 4.74 Å². The molecule has 2 nitrogen and oxygen atoms in total. The average Bonchev–Trinajstić information content (AvgIpc) is 1.79. The molecule has 3 heteroatoms. The van der Waals surface area contributed by atoms with Crippen LogP contribution in [-0.4, -0.2) is 25.8 Å². The van der Waals surface area contributed by atoms with Crippen molar-refractivity contribution in [1.82, 2.24) is 5.32 Å². The van der Waals surface area contributed by atoms with Gasteiger partial charge in [-0.1, -0.05) is 6.58 Å². The summed E-state index contributed by atoms with van der Waals surface area (Å²) < 4.78 is 6.73. The summed E-state index contributed by atoms with van der Waals surface area (Å²) in [6, 6.07) is 0. The third-order valence-electron chi connectivity index (χ3n) is 2.80. The van der Waals surface area contributed by atoms with Crippen LogP contribution in [0.5, 0.6) is 0 Å². The highest BCUT2D eigenvalue weighted by Crippen LogP contribution is 2.45. The van der Waals surface area contributed by atoms with Crippen LogP contribution in [0, 0.1) is 5.41 Å². The van der Waals surface area contributed by atoms with Crippen molar-refractivity contribution >= 4 is 22.6 Å². The van der Waals surface area contributed by atoms with Gasteiger partial charge in [-0.05, 0) is 35.4 Å². The molecular weight excluding hydrogens is 265 g/mol. The molecule has 2 rings (SSSR count). The smallest absolute Gasteiger partial charge is 0.0771 e. The summed E-state index contributed by atoms with van der Waals surface area (Å²) in [4.78, 5) is 0. The molecule has 1 aliphatic heterocycles. The molecule has 1 saturated heterocycles. The zero-order valence-electron chi connectivity index (χ0n) is 7.11. The number of rotatable bonds is 3. The highest BCUT2D eigenvalue weighted by atomic mass is 127. The van der Waals surface area contributed by atoms with Crippen molar-refractivity contribution in [2.75, 3.05) is 19.7 Å². The molecule has 68 valence electrons. The lowest BCUT2D eigenvalue weighted by Crippen LogP contribution is -2.62. The molecule has 1 heterocycles. The van der Waals surface area contributed by atoms with E-state index in [4.69, 9.17) is 4.74 Å². The van der Waals surface area contributed by atoms with Crippen molar-refractivity contribution in [3.05, 3.63) is 10.2 Å². The summed E-state index contributed by atoms with van der Waals surface area (Å²) in [5.41, 5.74) is 0.636. The Morgan fingerprint density at radius 2 is 2.25 bits per heavy atom. The Balaban J connectivity index is 1.64. The average molecular weight is 279 g/mol. The topological polar surface area (TPSA) is 21.3 Å². The second-order valence-corrected chi connectivity index (χ2v) is 5.49. The summed E-state index contributed by atoms with van der Waals surface area (Å²) in [5.74, 6) is 0. The van der Waals surface area contributed by atoms with Gasteiger partial charge in [0, 0.05) is 22.1 Å². The third kappa shape index (κ3) is 1.67. The highest BCUT2D eigenvalue weighted by Gasteiger charge is 2.48. The van der Waals surface area contributed by atoms with Crippen LogP contribution in [0.2, 0.25) is 0 Å². The van der Waals surface area contributed by atoms with E-state index in [1.807, 2.05) is 0 Å². The van der Waals surface area contributed by atoms with Crippen LogP contribution in [0.3, 0.4) is 0 Å². The molecular formula is C9H14INO. The van der Waals surface area contributed by atoms with E-state index in [1.165, 1.54) is 25.9 Å². The maximum Gasteiger partial charge on any atom is 0.0771 e. The molecule has 0 atom stereocenters. The first-order valence-electron chi connectivity index (χ1n) is 4.36. The van der Waals surface area contributed by atoms with E-state index in [0.717, 1.165) is 10.2 Å². The van der Waals surface area contributed by atoms with Gasteiger partial charge in [-0.3, -0.25) is 0 Å². The van der Waals surface area contributed by atoms with Gasteiger partial charge >= 0.3 is 0 Å². The van der Waals surface area contributed by atoms with E-state index < -0.39 is 0 Å². The Kier molecular flexibility index (Phi) is 2.44. The summed E-state index contributed by atoms with van der Waals surface area (Å²) >= 11 is 2.22. The predicted molar refractivity (Wildman–Crippen MR) is 57.4 cm³/mol. The minimum absolute atomic E-state index is 0.513. The van der Waals surface area contributed by atoms with E-state index >= 15 is 0 Å². The van der Waals surface area contributed by atoms with Crippen molar-refractivity contribution in [3.63, 3.8) is 0 Å². The lowest BCUT2D eigenvalue weighted by molar-refractivity contribution is -0.0956. The van der Waals surface area contributed by atoms with Gasteiger partial charge in [0.2, 0.25) is 0 Å². The van der Waals surface area contributed by atoms with Crippen molar-refractivity contribution in [2.45, 2.75) is 18.9 Å². The van der Waals surface area contributed by atoms with Gasteiger partial charge in [0.05, 0.1) is 12.7 Å². The first-order chi connectivity index (χ1) is 5.70. The normalized spacial score (nSPS) is 26.4. The maximum absolute atomic E-state index is 5.64. The second-order valence-electron chi connectivity index (χ2n) is 3.96. The van der Waals surface area contributed by atoms with Gasteiger partial charge < -0.3 is 10.1 Å². The molecule has 1 saturated carbocycles. The lowest BCUT2D eigenvalue weighted by Gasteiger charge is -2.54. The summed E-state index contributed by atoms with van der Waals surface area (Å²) in [7, 11) is 0. The predicted octanol–water partition coefficient (Wildman–Crippen LogP) is 1.70. The molecule has 0 bridgehead atoms. The van der Waals surface area contributed by atoms with Crippen molar-refractivity contribution in [2.24, 2.45) is 5.41 Å². The van der Waals surface area contributed by atoms with Crippen LogP contribution in [0.4, 0.5) is 0 Å². The molecule has 1 aliphatic carbocycles. The van der Waals surface area contributed by atoms with Gasteiger partial charge in [-0.2, -0.15) is 0 Å². The molecule has 0 unspecified atom stereocenters. The van der Waals surface area contributed by atoms with Crippen molar-refractivity contribution < 1.29 is 4.74 Å². The number of ether oxygens (including phenoxy) is 1. The number of hydrogen-bond acceptors (Lipinski definition) is 2. The summed E-state index contributed by atoms with van der Waals surface area (Å²) in [6.45, 7) is 6.95. The molecule has 1 N–H and O–H groups in total. The molecule has 12 heavy (non-hydrogen) atoms. The van der Waals surface area contributed by atoms with Gasteiger partial charge in [0.15, 0.2) is 0 Å². The van der Waals surface area contributed by atoms with Gasteiger partial charge in [0.1, 0.15) is 0 Å². The standard InChI is InChI=1S/C9H14INO/c1-7(10)4-12-8-2-9(3-8)5-11-6-9/h8,11H,1-6H2. The fourth-order valence-electron chi connectivity index (χ4n) is 2.00. The number of nitrogens with one attached hydrogen (secondary N) is 1. The van der Waals surface area contributed by atoms with Gasteiger partial charge in [-0.15, -0.1) is 0 Å². The third-order valence-corrected chi connectivity index (χ3v) is 3.11. The first kappa shape index (κ1) is 8.97. The van der Waals surface area contributed by atoms with Crippen LogP contribution >= 0.6 is 22.6 Å². The quantitative estimate of drug-likeness (QED) is 0.794. The molecule has 1 spiro atoms. The summed E-state index contributed by atoms with van der Waals surface area (Å²) in [5, 5.41) is 3.31. The molecule has 0 radical (unpaired) electrons. The monoisotopic (exact) mass is 279 g/mol. The van der Waals surface area contributed by atoms with Crippen LogP contribution in [0.15, 0.2) is 10.2 Å². The summed E-state index contributed by atoms with van der Waals surface area (Å²) in [6.07, 6.45) is 3.02. The second kappa shape index (κ2) is 3.27. The van der Waals surface area contributed by atoms with E-state index in [-0.39, 0.29) is 0 Å². The van der Waals surface area contributed by atoms with Crippen LogP contribution < -0.4 is 5.32 Å². The van der Waals surface area contributed by atoms with Crippen LogP contribution in [0.1, 0.15) is 12.8 Å². The minimum atomic E-state index is 0.513. The van der Waals surface area contributed by atoms with Gasteiger partial charge in [-0.25, -0.2) is 0 Å². The van der Waals surface area contributed by atoms with Gasteiger partial charge in [0.25, 0.3) is 0 Å². The van der Waals surface area contributed by atoms with Crippen molar-refractivity contribution in [1.29, 1.82) is 0 Å². The molecule has 0 aromatic carbocycles. The largest absolute Gasteiger partial charge is 0.373 e. The van der Waals surface area contributed by atoms with E-state index in [2.05, 4.69) is 34.5 Å². The fraction of sp³-hybridized carbons (Fsp3) is 0.778.